The number of ether oxygens (including phenoxy) is 1. The second-order valence-electron chi connectivity index (χ2n) is 5.35. The van der Waals surface area contributed by atoms with Crippen LogP contribution in [0.25, 0.3) is 22.2 Å². The first-order valence-corrected chi connectivity index (χ1v) is 7.42. The Balaban J connectivity index is 1.71. The van der Waals surface area contributed by atoms with E-state index in [2.05, 4.69) is 9.97 Å². The van der Waals surface area contributed by atoms with Crippen molar-refractivity contribution in [3.63, 3.8) is 0 Å². The molecule has 0 bridgehead atoms. The monoisotopic (exact) mass is 317 g/mol. The lowest BCUT2D eigenvalue weighted by Crippen LogP contribution is -2.06. The van der Waals surface area contributed by atoms with Gasteiger partial charge in [0, 0.05) is 11.8 Å². The third-order valence-corrected chi connectivity index (χ3v) is 3.78. The van der Waals surface area contributed by atoms with Crippen molar-refractivity contribution in [2.45, 2.75) is 0 Å². The number of para-hydroxylation sites is 1. The quantitative estimate of drug-likeness (QED) is 0.566. The van der Waals surface area contributed by atoms with Crippen LogP contribution in [0.3, 0.4) is 0 Å². The average molecular weight is 317 g/mol. The van der Waals surface area contributed by atoms with Gasteiger partial charge in [0.25, 0.3) is 0 Å². The zero-order valence-corrected chi connectivity index (χ0v) is 12.8. The van der Waals surface area contributed by atoms with E-state index in [0.717, 1.165) is 28.0 Å². The molecular formula is C18H15N5O. The molecule has 2 aromatic heterocycles. The van der Waals surface area contributed by atoms with Crippen LogP contribution in [0.5, 0.6) is 11.5 Å². The Morgan fingerprint density at radius 1 is 0.875 bits per heavy atom. The number of nitrogen functional groups attached to an aromatic ring is 2. The molecule has 2 heterocycles. The van der Waals surface area contributed by atoms with Gasteiger partial charge >= 0.3 is 0 Å². The number of nitrogens with two attached hydrogens (primary N) is 2. The summed E-state index contributed by atoms with van der Waals surface area (Å²) in [6.07, 6.45) is 3.20. The number of hydrogen-bond donors (Lipinski definition) is 2. The van der Waals surface area contributed by atoms with E-state index in [1.807, 2.05) is 54.6 Å². The Morgan fingerprint density at radius 2 is 1.58 bits per heavy atom. The summed E-state index contributed by atoms with van der Waals surface area (Å²) in [7, 11) is 0. The van der Waals surface area contributed by atoms with E-state index in [4.69, 9.17) is 16.3 Å². The Kier molecular flexibility index (Phi) is 3.28. The molecule has 4 aromatic rings. The van der Waals surface area contributed by atoms with E-state index < -0.39 is 0 Å². The molecule has 0 aliphatic carbocycles. The maximum absolute atomic E-state index is 6.00. The van der Waals surface area contributed by atoms with Crippen molar-refractivity contribution >= 4 is 16.9 Å². The van der Waals surface area contributed by atoms with Gasteiger partial charge in [-0.05, 0) is 29.8 Å². The molecule has 0 aliphatic heterocycles. The fourth-order valence-corrected chi connectivity index (χ4v) is 2.65. The third kappa shape index (κ3) is 2.40. The van der Waals surface area contributed by atoms with Crippen molar-refractivity contribution in [3.8, 4) is 22.6 Å². The van der Waals surface area contributed by atoms with Crippen LogP contribution in [0.15, 0.2) is 67.1 Å². The number of aromatic nitrogens is 3. The summed E-state index contributed by atoms with van der Waals surface area (Å²) in [4.78, 5) is 8.24. The number of fused-ring (bicyclic) bond motifs is 1. The zero-order valence-electron chi connectivity index (χ0n) is 12.8. The van der Waals surface area contributed by atoms with Crippen LogP contribution in [0.2, 0.25) is 0 Å². The van der Waals surface area contributed by atoms with Crippen LogP contribution < -0.4 is 16.3 Å². The first-order valence-electron chi connectivity index (χ1n) is 7.42. The third-order valence-electron chi connectivity index (χ3n) is 3.78. The fourth-order valence-electron chi connectivity index (χ4n) is 2.65. The summed E-state index contributed by atoms with van der Waals surface area (Å²) < 4.78 is 7.26. The maximum Gasteiger partial charge on any atom is 0.164 e. The summed E-state index contributed by atoms with van der Waals surface area (Å²) >= 11 is 0. The van der Waals surface area contributed by atoms with Gasteiger partial charge in [-0.3, -0.25) is 4.68 Å². The Morgan fingerprint density at radius 3 is 2.33 bits per heavy atom. The van der Waals surface area contributed by atoms with E-state index in [9.17, 15) is 0 Å². The van der Waals surface area contributed by atoms with Gasteiger partial charge in [0.1, 0.15) is 23.6 Å². The number of nitrogens with zero attached hydrogens (tertiary/aromatic N) is 3. The number of rotatable bonds is 3. The van der Waals surface area contributed by atoms with Gasteiger partial charge in [0.05, 0.1) is 5.39 Å². The normalized spacial score (nSPS) is 10.8. The lowest BCUT2D eigenvalue weighted by atomic mass is 10.1. The fraction of sp³-hybridized carbons (Fsp3) is 0. The van der Waals surface area contributed by atoms with E-state index in [0.29, 0.717) is 11.5 Å². The van der Waals surface area contributed by atoms with Gasteiger partial charge in [-0.25, -0.2) is 9.97 Å². The highest BCUT2D eigenvalue weighted by Crippen LogP contribution is 2.33. The molecule has 6 nitrogen and oxygen atoms in total. The summed E-state index contributed by atoms with van der Waals surface area (Å²) in [5, 5.41) is 0.747. The second-order valence-corrected chi connectivity index (χ2v) is 5.35. The Hall–Kier alpha value is -3.54. The van der Waals surface area contributed by atoms with E-state index in [-0.39, 0.29) is 0 Å². The molecule has 6 heteroatoms. The number of hydrogen-bond acceptors (Lipinski definition) is 5. The molecule has 0 fully saturated rings. The lowest BCUT2D eigenvalue weighted by Gasteiger charge is -2.06. The SMILES string of the molecule is Nc1ncnc2c1c(-c1ccc(Oc3ccccc3)cc1)cn2N. The van der Waals surface area contributed by atoms with Crippen LogP contribution in [0, 0.1) is 0 Å². The average Bonchev–Trinajstić information content (AvgIpc) is 2.95. The van der Waals surface area contributed by atoms with Crippen LogP contribution in [-0.2, 0) is 0 Å². The highest BCUT2D eigenvalue weighted by atomic mass is 16.5. The van der Waals surface area contributed by atoms with Crippen LogP contribution >= 0.6 is 0 Å². The smallest absolute Gasteiger partial charge is 0.164 e. The van der Waals surface area contributed by atoms with E-state index in [1.54, 1.807) is 6.20 Å². The maximum atomic E-state index is 6.00. The van der Waals surface area contributed by atoms with E-state index in [1.165, 1.54) is 11.0 Å². The Labute approximate surface area is 138 Å². The molecule has 0 saturated carbocycles. The first kappa shape index (κ1) is 14.1. The van der Waals surface area contributed by atoms with Crippen molar-refractivity contribution in [1.82, 2.24) is 14.6 Å². The molecule has 4 rings (SSSR count). The summed E-state index contributed by atoms with van der Waals surface area (Å²) in [6.45, 7) is 0. The predicted molar refractivity (Wildman–Crippen MR) is 94.0 cm³/mol. The van der Waals surface area contributed by atoms with Crippen LogP contribution in [0.1, 0.15) is 0 Å². The largest absolute Gasteiger partial charge is 0.457 e. The molecule has 0 radical (unpaired) electrons. The van der Waals surface area contributed by atoms with Crippen molar-refractivity contribution in [2.75, 3.05) is 11.6 Å². The van der Waals surface area contributed by atoms with Crippen molar-refractivity contribution in [3.05, 3.63) is 67.1 Å². The van der Waals surface area contributed by atoms with Gasteiger partial charge in [0.2, 0.25) is 0 Å². The Bertz CT molecular complexity index is 993. The predicted octanol–water partition coefficient (Wildman–Crippen LogP) is 3.19. The minimum Gasteiger partial charge on any atom is -0.457 e. The molecule has 4 N–H and O–H groups in total. The molecular weight excluding hydrogens is 302 g/mol. The summed E-state index contributed by atoms with van der Waals surface area (Å²) in [6, 6.07) is 17.4. The number of anilines is 1. The highest BCUT2D eigenvalue weighted by Gasteiger charge is 2.13. The van der Waals surface area contributed by atoms with E-state index >= 15 is 0 Å². The van der Waals surface area contributed by atoms with Gasteiger partial charge in [0.15, 0.2) is 5.65 Å². The summed E-state index contributed by atoms with van der Waals surface area (Å²) in [5.74, 6) is 7.92. The van der Waals surface area contributed by atoms with Gasteiger partial charge in [-0.15, -0.1) is 0 Å². The molecule has 24 heavy (non-hydrogen) atoms. The van der Waals surface area contributed by atoms with Gasteiger partial charge in [-0.2, -0.15) is 0 Å². The molecule has 0 aliphatic rings. The minimum absolute atomic E-state index is 0.406. The molecule has 0 saturated heterocycles. The molecule has 0 atom stereocenters. The first-order chi connectivity index (χ1) is 11.7. The molecule has 0 amide bonds. The zero-order chi connectivity index (χ0) is 16.5. The van der Waals surface area contributed by atoms with Gasteiger partial charge < -0.3 is 16.3 Å². The second kappa shape index (κ2) is 5.58. The molecule has 0 spiro atoms. The van der Waals surface area contributed by atoms with Crippen molar-refractivity contribution in [1.29, 1.82) is 0 Å². The molecule has 118 valence electrons. The minimum atomic E-state index is 0.406. The molecule has 0 unspecified atom stereocenters. The van der Waals surface area contributed by atoms with Crippen molar-refractivity contribution in [2.24, 2.45) is 0 Å². The summed E-state index contributed by atoms with van der Waals surface area (Å²) in [5.41, 5.74) is 8.44. The molecule has 2 aromatic carbocycles. The standard InChI is InChI=1S/C18H15N5O/c19-17-16-15(10-23(20)18(16)22-11-21-17)12-6-8-14(9-7-12)24-13-4-2-1-3-5-13/h1-11H,20H2,(H2,19,21,22). The lowest BCUT2D eigenvalue weighted by molar-refractivity contribution is 0.483. The van der Waals surface area contributed by atoms with Crippen molar-refractivity contribution < 1.29 is 4.74 Å². The van der Waals surface area contributed by atoms with Crippen LogP contribution in [-0.4, -0.2) is 14.6 Å². The van der Waals surface area contributed by atoms with Crippen LogP contribution in [0.4, 0.5) is 5.82 Å². The van der Waals surface area contributed by atoms with Gasteiger partial charge in [-0.1, -0.05) is 30.3 Å². The topological polar surface area (TPSA) is 92.0 Å². The highest BCUT2D eigenvalue weighted by molar-refractivity contribution is 6.00. The number of benzene rings is 2.